The molecule has 3 aromatic rings. The maximum Gasteiger partial charge on any atom is 0.323 e. The normalized spacial score (nSPS) is 10.4. The molecule has 3 N–H and O–H groups in total. The van der Waals surface area contributed by atoms with Crippen molar-refractivity contribution < 1.29 is 4.79 Å². The van der Waals surface area contributed by atoms with Gasteiger partial charge in [0.05, 0.1) is 0 Å². The van der Waals surface area contributed by atoms with E-state index in [9.17, 15) is 4.79 Å². The van der Waals surface area contributed by atoms with Gasteiger partial charge in [-0.3, -0.25) is 0 Å². The maximum atomic E-state index is 12.4. The molecule has 1 heterocycles. The molecule has 0 aliphatic rings. The third-order valence-corrected chi connectivity index (χ3v) is 4.63. The Labute approximate surface area is 166 Å². The summed E-state index contributed by atoms with van der Waals surface area (Å²) in [6.45, 7) is 8.88. The first-order valence-electron chi connectivity index (χ1n) is 9.43. The van der Waals surface area contributed by atoms with E-state index < -0.39 is 0 Å². The molecule has 0 radical (unpaired) electrons. The van der Waals surface area contributed by atoms with Crippen LogP contribution in [0, 0.1) is 20.8 Å². The van der Waals surface area contributed by atoms with Gasteiger partial charge in [-0.25, -0.2) is 9.78 Å². The minimum Gasteiger partial charge on any atom is -0.370 e. The number of urea groups is 1. The quantitative estimate of drug-likeness (QED) is 0.533. The van der Waals surface area contributed by atoms with E-state index in [1.165, 1.54) is 0 Å². The molecule has 1 aromatic heterocycles. The lowest BCUT2D eigenvalue weighted by molar-refractivity contribution is 0.262. The van der Waals surface area contributed by atoms with Crippen LogP contribution in [0.15, 0.2) is 54.7 Å². The number of carbonyl (C=O) groups excluding carboxylic acids is 1. The second-order valence-electron chi connectivity index (χ2n) is 6.84. The fourth-order valence-electron chi connectivity index (χ4n) is 3.23. The first-order valence-corrected chi connectivity index (χ1v) is 9.43. The fraction of sp³-hybridized carbons (Fsp3) is 0.217. The van der Waals surface area contributed by atoms with Gasteiger partial charge in [-0.1, -0.05) is 24.3 Å². The predicted octanol–water partition coefficient (Wildman–Crippen LogP) is 5.75. The predicted molar refractivity (Wildman–Crippen MR) is 117 cm³/mol. The lowest BCUT2D eigenvalue weighted by Gasteiger charge is -2.14. The number of para-hydroxylation sites is 1. The Morgan fingerprint density at radius 1 is 0.929 bits per heavy atom. The van der Waals surface area contributed by atoms with E-state index in [1.54, 1.807) is 6.20 Å². The molecule has 0 saturated heterocycles. The van der Waals surface area contributed by atoms with Gasteiger partial charge in [-0.15, -0.1) is 0 Å². The molecule has 0 unspecified atom stereocenters. The van der Waals surface area contributed by atoms with Gasteiger partial charge < -0.3 is 16.0 Å². The molecular formula is C23H26N4O. The average Bonchev–Trinajstić information content (AvgIpc) is 2.65. The molecule has 2 amide bonds. The Morgan fingerprint density at radius 2 is 1.68 bits per heavy atom. The first-order chi connectivity index (χ1) is 13.5. The minimum atomic E-state index is -0.247. The maximum absolute atomic E-state index is 12.4. The van der Waals surface area contributed by atoms with E-state index in [-0.39, 0.29) is 6.03 Å². The number of nitrogens with one attached hydrogen (secondary N) is 3. The van der Waals surface area contributed by atoms with Crippen LogP contribution < -0.4 is 16.0 Å². The second-order valence-corrected chi connectivity index (χ2v) is 6.84. The monoisotopic (exact) mass is 374 g/mol. The topological polar surface area (TPSA) is 66.0 Å². The molecule has 0 fully saturated rings. The first kappa shape index (κ1) is 19.4. The Kier molecular flexibility index (Phi) is 5.94. The summed E-state index contributed by atoms with van der Waals surface area (Å²) in [7, 11) is 0. The molecule has 5 nitrogen and oxygen atoms in total. The molecule has 5 heteroatoms. The van der Waals surface area contributed by atoms with Crippen molar-refractivity contribution in [1.29, 1.82) is 0 Å². The summed E-state index contributed by atoms with van der Waals surface area (Å²) in [5.41, 5.74) is 6.97. The molecule has 28 heavy (non-hydrogen) atoms. The van der Waals surface area contributed by atoms with Crippen LogP contribution in [0.4, 0.5) is 22.0 Å². The van der Waals surface area contributed by atoms with Crippen LogP contribution in [-0.4, -0.2) is 17.6 Å². The van der Waals surface area contributed by atoms with Crippen molar-refractivity contribution in [2.45, 2.75) is 27.7 Å². The number of anilines is 3. The fourth-order valence-corrected chi connectivity index (χ4v) is 3.23. The summed E-state index contributed by atoms with van der Waals surface area (Å²) < 4.78 is 0. The lowest BCUT2D eigenvalue weighted by Crippen LogP contribution is -2.20. The number of rotatable bonds is 5. The van der Waals surface area contributed by atoms with E-state index in [0.29, 0.717) is 0 Å². The van der Waals surface area contributed by atoms with E-state index in [0.717, 1.165) is 51.6 Å². The molecular weight excluding hydrogens is 348 g/mol. The summed E-state index contributed by atoms with van der Waals surface area (Å²) >= 11 is 0. The molecule has 0 atom stereocenters. The van der Waals surface area contributed by atoms with Gasteiger partial charge in [-0.05, 0) is 79.8 Å². The molecule has 0 saturated carbocycles. The SMILES string of the molecule is CCNc1cc(-c2ccc(NC(=O)Nc3c(C)cccc3C)cc2C)ccn1. The Balaban J connectivity index is 1.75. The zero-order valence-corrected chi connectivity index (χ0v) is 16.8. The standard InChI is InChI=1S/C23H26N4O/c1-5-24-21-14-18(11-12-25-21)20-10-9-19(13-17(20)4)26-23(28)27-22-15(2)7-6-8-16(22)3/h6-14H,5H2,1-4H3,(H,24,25)(H2,26,27,28). The number of nitrogens with zero attached hydrogens (tertiary/aromatic N) is 1. The Hall–Kier alpha value is -3.34. The van der Waals surface area contributed by atoms with Gasteiger partial charge in [-0.2, -0.15) is 0 Å². The molecule has 2 aromatic carbocycles. The average molecular weight is 374 g/mol. The molecule has 3 rings (SSSR count). The Morgan fingerprint density at radius 3 is 2.36 bits per heavy atom. The van der Waals surface area contributed by atoms with Gasteiger partial charge in [0.2, 0.25) is 0 Å². The third-order valence-electron chi connectivity index (χ3n) is 4.63. The number of amides is 2. The smallest absolute Gasteiger partial charge is 0.323 e. The summed E-state index contributed by atoms with van der Waals surface area (Å²) in [6, 6.07) is 15.6. The largest absolute Gasteiger partial charge is 0.370 e. The van der Waals surface area contributed by atoms with Crippen molar-refractivity contribution in [3.8, 4) is 11.1 Å². The second kappa shape index (κ2) is 8.57. The third kappa shape index (κ3) is 4.49. The van der Waals surface area contributed by atoms with Crippen LogP contribution in [0.3, 0.4) is 0 Å². The van der Waals surface area contributed by atoms with Crippen LogP contribution in [-0.2, 0) is 0 Å². The number of pyridine rings is 1. The van der Waals surface area contributed by atoms with Crippen molar-refractivity contribution >= 4 is 23.2 Å². The van der Waals surface area contributed by atoms with E-state index in [4.69, 9.17) is 0 Å². The van der Waals surface area contributed by atoms with E-state index >= 15 is 0 Å². The van der Waals surface area contributed by atoms with Crippen molar-refractivity contribution in [1.82, 2.24) is 4.98 Å². The number of carbonyl (C=O) groups is 1. The van der Waals surface area contributed by atoms with Crippen molar-refractivity contribution in [3.05, 3.63) is 71.4 Å². The molecule has 144 valence electrons. The summed E-state index contributed by atoms with van der Waals surface area (Å²) in [6.07, 6.45) is 1.80. The molecule has 0 aliphatic carbocycles. The van der Waals surface area contributed by atoms with E-state index in [1.807, 2.05) is 76.2 Å². The van der Waals surface area contributed by atoms with Gasteiger partial charge >= 0.3 is 6.03 Å². The number of benzene rings is 2. The summed E-state index contributed by atoms with van der Waals surface area (Å²) in [5.74, 6) is 0.856. The number of aryl methyl sites for hydroxylation is 3. The number of hydrogen-bond donors (Lipinski definition) is 3. The van der Waals surface area contributed by atoms with Gasteiger partial charge in [0.15, 0.2) is 0 Å². The van der Waals surface area contributed by atoms with Crippen molar-refractivity contribution in [2.24, 2.45) is 0 Å². The number of aromatic nitrogens is 1. The van der Waals surface area contributed by atoms with Crippen molar-refractivity contribution in [2.75, 3.05) is 22.5 Å². The lowest BCUT2D eigenvalue weighted by atomic mass is 10.0. The van der Waals surface area contributed by atoms with E-state index in [2.05, 4.69) is 20.9 Å². The zero-order valence-electron chi connectivity index (χ0n) is 16.8. The highest BCUT2D eigenvalue weighted by Crippen LogP contribution is 2.27. The zero-order chi connectivity index (χ0) is 20.1. The van der Waals surface area contributed by atoms with Crippen LogP contribution >= 0.6 is 0 Å². The highest BCUT2D eigenvalue weighted by atomic mass is 16.2. The van der Waals surface area contributed by atoms with Crippen molar-refractivity contribution in [3.63, 3.8) is 0 Å². The van der Waals surface area contributed by atoms with Crippen LogP contribution in [0.2, 0.25) is 0 Å². The number of hydrogen-bond acceptors (Lipinski definition) is 3. The molecule has 0 aliphatic heterocycles. The highest BCUT2D eigenvalue weighted by molar-refractivity contribution is 6.01. The molecule has 0 spiro atoms. The van der Waals surface area contributed by atoms with Crippen LogP contribution in [0.5, 0.6) is 0 Å². The van der Waals surface area contributed by atoms with Crippen LogP contribution in [0.25, 0.3) is 11.1 Å². The Bertz CT molecular complexity index is 977. The highest BCUT2D eigenvalue weighted by Gasteiger charge is 2.09. The van der Waals surface area contributed by atoms with Crippen LogP contribution in [0.1, 0.15) is 23.6 Å². The minimum absolute atomic E-state index is 0.247. The van der Waals surface area contributed by atoms with Gasteiger partial charge in [0.25, 0.3) is 0 Å². The molecule has 0 bridgehead atoms. The van der Waals surface area contributed by atoms with Gasteiger partial charge in [0, 0.05) is 24.1 Å². The summed E-state index contributed by atoms with van der Waals surface area (Å²) in [5, 5.41) is 9.10. The van der Waals surface area contributed by atoms with Gasteiger partial charge in [0.1, 0.15) is 5.82 Å². The summed E-state index contributed by atoms with van der Waals surface area (Å²) in [4.78, 5) is 16.7.